The molecule has 2 aromatic rings. The average Bonchev–Trinajstić information content (AvgIpc) is 2.99. The van der Waals surface area contributed by atoms with E-state index in [9.17, 15) is 4.79 Å². The van der Waals surface area contributed by atoms with Crippen LogP contribution in [0.1, 0.15) is 41.5 Å². The summed E-state index contributed by atoms with van der Waals surface area (Å²) in [6.07, 6.45) is 0. The summed E-state index contributed by atoms with van der Waals surface area (Å²) in [6.45, 7) is 7.93. The van der Waals surface area contributed by atoms with Crippen molar-refractivity contribution in [1.29, 1.82) is 0 Å². The monoisotopic (exact) mass is 291 g/mol. The minimum atomic E-state index is -0.182. The fraction of sp³-hybridized carbons (Fsp3) is 0.467. The molecule has 0 aliphatic carbocycles. The van der Waals surface area contributed by atoms with E-state index < -0.39 is 0 Å². The van der Waals surface area contributed by atoms with Crippen molar-refractivity contribution in [3.8, 4) is 0 Å². The van der Waals surface area contributed by atoms with Gasteiger partial charge in [0, 0.05) is 12.6 Å². The Balaban J connectivity index is 1.97. The lowest BCUT2D eigenvalue weighted by Crippen LogP contribution is -2.38. The molecule has 0 aliphatic rings. The van der Waals surface area contributed by atoms with Crippen LogP contribution in [0.2, 0.25) is 0 Å². The molecule has 6 heteroatoms. The number of hydrogen-bond donors (Lipinski definition) is 1. The number of carbonyl (C=O) groups excluding carboxylic acids is 1. The van der Waals surface area contributed by atoms with Gasteiger partial charge in [0.2, 0.25) is 0 Å². The summed E-state index contributed by atoms with van der Waals surface area (Å²) >= 11 is 0. The summed E-state index contributed by atoms with van der Waals surface area (Å²) in [6, 6.07) is 3.40. The number of aromatic nitrogens is 1. The Morgan fingerprint density at radius 3 is 2.62 bits per heavy atom. The van der Waals surface area contributed by atoms with Gasteiger partial charge in [0.05, 0.1) is 18.3 Å². The van der Waals surface area contributed by atoms with Gasteiger partial charge in [0.15, 0.2) is 0 Å². The molecule has 0 unspecified atom stereocenters. The molecule has 6 nitrogen and oxygen atoms in total. The standard InChI is InChI=1S/C15H21N3O3/c1-9-6-7-14(20-9)11(3)16-15(19)18(5)8-13-10(2)17-21-12(13)4/h6-7,11H,8H2,1-5H3,(H,16,19)/t11-/m0/s1. The van der Waals surface area contributed by atoms with Crippen LogP contribution in [0.5, 0.6) is 0 Å². The van der Waals surface area contributed by atoms with Crippen LogP contribution in [0.25, 0.3) is 0 Å². The van der Waals surface area contributed by atoms with Crippen LogP contribution in [0.15, 0.2) is 21.1 Å². The highest BCUT2D eigenvalue weighted by atomic mass is 16.5. The first-order chi connectivity index (χ1) is 9.88. The molecule has 1 N–H and O–H groups in total. The number of nitrogens with zero attached hydrogens (tertiary/aromatic N) is 2. The predicted molar refractivity (Wildman–Crippen MR) is 77.8 cm³/mol. The van der Waals surface area contributed by atoms with Gasteiger partial charge in [0.1, 0.15) is 17.3 Å². The van der Waals surface area contributed by atoms with Crippen LogP contribution in [0, 0.1) is 20.8 Å². The first-order valence-electron chi connectivity index (χ1n) is 6.88. The Morgan fingerprint density at radius 1 is 1.38 bits per heavy atom. The highest BCUT2D eigenvalue weighted by molar-refractivity contribution is 5.74. The quantitative estimate of drug-likeness (QED) is 0.939. The summed E-state index contributed by atoms with van der Waals surface area (Å²) in [5, 5.41) is 6.79. The highest BCUT2D eigenvalue weighted by Gasteiger charge is 2.18. The first-order valence-corrected chi connectivity index (χ1v) is 6.88. The molecule has 114 valence electrons. The largest absolute Gasteiger partial charge is 0.464 e. The van der Waals surface area contributed by atoms with Gasteiger partial charge in [-0.05, 0) is 39.8 Å². The maximum absolute atomic E-state index is 12.2. The second kappa shape index (κ2) is 6.03. The number of nitrogens with one attached hydrogen (secondary N) is 1. The Labute approximate surface area is 124 Å². The zero-order valence-electron chi connectivity index (χ0n) is 13.1. The zero-order valence-corrected chi connectivity index (χ0v) is 13.1. The Bertz CT molecular complexity index is 610. The molecule has 2 amide bonds. The fourth-order valence-electron chi connectivity index (χ4n) is 2.09. The molecule has 0 saturated carbocycles. The molecule has 0 fully saturated rings. The summed E-state index contributed by atoms with van der Waals surface area (Å²) in [5.74, 6) is 2.31. The number of aryl methyl sites for hydroxylation is 3. The molecule has 0 saturated heterocycles. The first kappa shape index (κ1) is 15.2. The number of rotatable bonds is 4. The van der Waals surface area contributed by atoms with Gasteiger partial charge in [-0.2, -0.15) is 0 Å². The molecule has 21 heavy (non-hydrogen) atoms. The summed E-state index contributed by atoms with van der Waals surface area (Å²) in [5.41, 5.74) is 1.75. The molecule has 0 spiro atoms. The Kier molecular flexibility index (Phi) is 4.35. The van der Waals surface area contributed by atoms with Gasteiger partial charge in [-0.3, -0.25) is 0 Å². The zero-order chi connectivity index (χ0) is 15.6. The van der Waals surface area contributed by atoms with Crippen molar-refractivity contribution in [2.24, 2.45) is 0 Å². The minimum absolute atomic E-state index is 0.170. The van der Waals surface area contributed by atoms with Crippen molar-refractivity contribution in [1.82, 2.24) is 15.4 Å². The van der Waals surface area contributed by atoms with Crippen LogP contribution in [0.4, 0.5) is 4.79 Å². The maximum atomic E-state index is 12.2. The van der Waals surface area contributed by atoms with Gasteiger partial charge in [-0.1, -0.05) is 5.16 Å². The van der Waals surface area contributed by atoms with Crippen molar-refractivity contribution in [3.05, 3.63) is 40.7 Å². The van der Waals surface area contributed by atoms with E-state index in [0.29, 0.717) is 6.54 Å². The highest BCUT2D eigenvalue weighted by Crippen LogP contribution is 2.17. The van der Waals surface area contributed by atoms with E-state index >= 15 is 0 Å². The topological polar surface area (TPSA) is 71.5 Å². The smallest absolute Gasteiger partial charge is 0.318 e. The summed E-state index contributed by atoms with van der Waals surface area (Å²) in [4.78, 5) is 13.8. The molecule has 0 radical (unpaired) electrons. The van der Waals surface area contributed by atoms with Crippen molar-refractivity contribution in [2.45, 2.75) is 40.3 Å². The van der Waals surface area contributed by atoms with Gasteiger partial charge in [-0.25, -0.2) is 4.79 Å². The second-order valence-corrected chi connectivity index (χ2v) is 5.28. The van der Waals surface area contributed by atoms with E-state index in [-0.39, 0.29) is 12.1 Å². The van der Waals surface area contributed by atoms with Gasteiger partial charge >= 0.3 is 6.03 Å². The van der Waals surface area contributed by atoms with Gasteiger partial charge in [0.25, 0.3) is 0 Å². The van der Waals surface area contributed by atoms with E-state index in [1.165, 1.54) is 0 Å². The van der Waals surface area contributed by atoms with Crippen LogP contribution in [0.3, 0.4) is 0 Å². The Hall–Kier alpha value is -2.24. The van der Waals surface area contributed by atoms with Gasteiger partial charge < -0.3 is 19.2 Å². The fourth-order valence-corrected chi connectivity index (χ4v) is 2.09. The third-order valence-corrected chi connectivity index (χ3v) is 3.45. The van der Waals surface area contributed by atoms with Gasteiger partial charge in [-0.15, -0.1) is 0 Å². The molecule has 1 atom stereocenters. The van der Waals surface area contributed by atoms with Crippen LogP contribution in [-0.4, -0.2) is 23.1 Å². The average molecular weight is 291 g/mol. The van der Waals surface area contributed by atoms with Crippen molar-refractivity contribution in [3.63, 3.8) is 0 Å². The second-order valence-electron chi connectivity index (χ2n) is 5.28. The lowest BCUT2D eigenvalue weighted by atomic mass is 10.2. The van der Waals surface area contributed by atoms with Crippen molar-refractivity contribution >= 4 is 6.03 Å². The third kappa shape index (κ3) is 3.45. The third-order valence-electron chi connectivity index (χ3n) is 3.45. The summed E-state index contributed by atoms with van der Waals surface area (Å²) < 4.78 is 10.6. The molecular formula is C15H21N3O3. The molecule has 2 heterocycles. The van der Waals surface area contributed by atoms with E-state index in [4.69, 9.17) is 8.94 Å². The molecule has 0 bridgehead atoms. The molecule has 2 rings (SSSR count). The Morgan fingerprint density at radius 2 is 2.10 bits per heavy atom. The number of carbonyl (C=O) groups is 1. The van der Waals surface area contributed by atoms with Crippen LogP contribution >= 0.6 is 0 Å². The maximum Gasteiger partial charge on any atom is 0.318 e. The van der Waals surface area contributed by atoms with E-state index in [1.54, 1.807) is 11.9 Å². The van der Waals surface area contributed by atoms with Crippen molar-refractivity contribution in [2.75, 3.05) is 7.05 Å². The van der Waals surface area contributed by atoms with E-state index in [0.717, 1.165) is 28.5 Å². The molecule has 2 aromatic heterocycles. The number of urea groups is 1. The lowest BCUT2D eigenvalue weighted by molar-refractivity contribution is 0.201. The predicted octanol–water partition coefficient (Wildman–Crippen LogP) is 3.10. The van der Waals surface area contributed by atoms with E-state index in [1.807, 2.05) is 39.8 Å². The number of furan rings is 1. The van der Waals surface area contributed by atoms with Crippen molar-refractivity contribution < 1.29 is 13.7 Å². The summed E-state index contributed by atoms with van der Waals surface area (Å²) in [7, 11) is 1.74. The molecule has 0 aromatic carbocycles. The normalized spacial score (nSPS) is 12.2. The SMILES string of the molecule is Cc1ccc([C@H](C)NC(=O)N(C)Cc2c(C)noc2C)o1. The van der Waals surface area contributed by atoms with Crippen LogP contribution < -0.4 is 5.32 Å². The number of amides is 2. The molecule has 0 aliphatic heterocycles. The molecular weight excluding hydrogens is 270 g/mol. The lowest BCUT2D eigenvalue weighted by Gasteiger charge is -2.20. The minimum Gasteiger partial charge on any atom is -0.464 e. The number of hydrogen-bond acceptors (Lipinski definition) is 4. The van der Waals surface area contributed by atoms with Crippen LogP contribution in [-0.2, 0) is 6.54 Å². The van der Waals surface area contributed by atoms with E-state index in [2.05, 4.69) is 10.5 Å².